The molecule has 0 atom stereocenters. The largest absolute Gasteiger partial charge is 0.493 e. The van der Waals surface area contributed by atoms with Gasteiger partial charge in [-0.05, 0) is 35.9 Å². The van der Waals surface area contributed by atoms with E-state index in [2.05, 4.69) is 10.3 Å². The van der Waals surface area contributed by atoms with E-state index in [1.807, 2.05) is 18.2 Å². The van der Waals surface area contributed by atoms with E-state index in [-0.39, 0.29) is 5.91 Å². The Morgan fingerprint density at radius 1 is 1.12 bits per heavy atom. The second-order valence-electron chi connectivity index (χ2n) is 5.15. The van der Waals surface area contributed by atoms with Gasteiger partial charge in [0.2, 0.25) is 11.7 Å². The Morgan fingerprint density at radius 2 is 1.84 bits per heavy atom. The molecule has 0 aliphatic rings. The van der Waals surface area contributed by atoms with Crippen LogP contribution in [0.2, 0.25) is 0 Å². The molecule has 1 N–H and O–H groups in total. The minimum Gasteiger partial charge on any atom is -0.493 e. The lowest BCUT2D eigenvalue weighted by atomic mass is 10.1. The normalized spacial score (nSPS) is 10.5. The molecule has 1 aromatic carbocycles. The molecule has 1 aromatic heterocycles. The highest BCUT2D eigenvalue weighted by Crippen LogP contribution is 2.38. The highest BCUT2D eigenvalue weighted by Gasteiger charge is 2.12. The number of benzene rings is 1. The Bertz CT molecular complexity index is 704. The van der Waals surface area contributed by atoms with Crippen LogP contribution in [0.25, 0.3) is 6.08 Å². The van der Waals surface area contributed by atoms with Crippen molar-refractivity contribution in [3.05, 3.63) is 53.9 Å². The van der Waals surface area contributed by atoms with Crippen LogP contribution in [0.3, 0.4) is 0 Å². The number of nitrogens with one attached hydrogen (secondary N) is 1. The van der Waals surface area contributed by atoms with Gasteiger partial charge in [0.05, 0.1) is 21.3 Å². The minimum atomic E-state index is -0.176. The van der Waals surface area contributed by atoms with E-state index in [4.69, 9.17) is 14.2 Å². The van der Waals surface area contributed by atoms with Crippen LogP contribution in [-0.4, -0.2) is 38.8 Å². The summed E-state index contributed by atoms with van der Waals surface area (Å²) < 4.78 is 15.9. The van der Waals surface area contributed by atoms with E-state index in [9.17, 15) is 4.79 Å². The van der Waals surface area contributed by atoms with Crippen LogP contribution >= 0.6 is 0 Å². The van der Waals surface area contributed by atoms with E-state index < -0.39 is 0 Å². The maximum Gasteiger partial charge on any atom is 0.244 e. The van der Waals surface area contributed by atoms with Crippen LogP contribution in [-0.2, 0) is 11.2 Å². The van der Waals surface area contributed by atoms with Crippen molar-refractivity contribution in [2.24, 2.45) is 0 Å². The average Bonchev–Trinajstić information content (AvgIpc) is 2.66. The number of amides is 1. The average molecular weight is 342 g/mol. The first kappa shape index (κ1) is 18.3. The molecule has 2 aromatic rings. The first-order valence-corrected chi connectivity index (χ1v) is 7.83. The predicted octanol–water partition coefficient (Wildman–Crippen LogP) is 2.48. The lowest BCUT2D eigenvalue weighted by Crippen LogP contribution is -2.23. The van der Waals surface area contributed by atoms with Gasteiger partial charge in [0, 0.05) is 30.9 Å². The molecule has 0 radical (unpaired) electrons. The Kier molecular flexibility index (Phi) is 6.83. The Balaban J connectivity index is 1.97. The van der Waals surface area contributed by atoms with Crippen LogP contribution in [0, 0.1) is 0 Å². The smallest absolute Gasteiger partial charge is 0.244 e. The molecular weight excluding hydrogens is 320 g/mol. The van der Waals surface area contributed by atoms with E-state index in [0.717, 1.165) is 11.3 Å². The first-order valence-electron chi connectivity index (χ1n) is 7.83. The Hall–Kier alpha value is -3.02. The molecule has 0 aliphatic heterocycles. The third-order valence-electron chi connectivity index (χ3n) is 3.52. The van der Waals surface area contributed by atoms with Crippen LogP contribution in [0.5, 0.6) is 17.2 Å². The number of carbonyl (C=O) groups is 1. The molecule has 0 saturated carbocycles. The standard InChI is InChI=1S/C19H22N2O4/c1-23-16-12-14(13-17(24-2)19(16)25-3)7-8-18(22)21-11-9-15-6-4-5-10-20-15/h4-8,10,12-13H,9,11H2,1-3H3,(H,21,22)/b8-7+. The van der Waals surface area contributed by atoms with E-state index in [1.54, 1.807) is 45.7 Å². The second-order valence-corrected chi connectivity index (χ2v) is 5.15. The highest BCUT2D eigenvalue weighted by molar-refractivity contribution is 5.91. The zero-order chi connectivity index (χ0) is 18.1. The van der Waals surface area contributed by atoms with E-state index in [1.165, 1.54) is 6.08 Å². The van der Waals surface area contributed by atoms with Gasteiger partial charge in [0.15, 0.2) is 11.5 Å². The fraction of sp³-hybridized carbons (Fsp3) is 0.263. The minimum absolute atomic E-state index is 0.176. The molecule has 0 saturated heterocycles. The molecule has 0 spiro atoms. The van der Waals surface area contributed by atoms with Gasteiger partial charge < -0.3 is 19.5 Å². The quantitative estimate of drug-likeness (QED) is 0.747. The number of hydrogen-bond donors (Lipinski definition) is 1. The molecule has 0 fully saturated rings. The Morgan fingerprint density at radius 3 is 2.40 bits per heavy atom. The summed E-state index contributed by atoms with van der Waals surface area (Å²) in [6.07, 6.45) is 5.59. The fourth-order valence-corrected chi connectivity index (χ4v) is 2.29. The number of carbonyl (C=O) groups excluding carboxylic acids is 1. The van der Waals surface area contributed by atoms with Gasteiger partial charge in [0.25, 0.3) is 0 Å². The zero-order valence-electron chi connectivity index (χ0n) is 14.6. The van der Waals surface area contributed by atoms with Crippen molar-refractivity contribution < 1.29 is 19.0 Å². The second kappa shape index (κ2) is 9.32. The number of methoxy groups -OCH3 is 3. The Labute approximate surface area is 147 Å². The summed E-state index contributed by atoms with van der Waals surface area (Å²) in [5.41, 5.74) is 1.71. The molecular formula is C19H22N2O4. The van der Waals surface area contributed by atoms with Crippen molar-refractivity contribution in [1.82, 2.24) is 10.3 Å². The first-order chi connectivity index (χ1) is 12.2. The predicted molar refractivity (Wildman–Crippen MR) is 96.1 cm³/mol. The van der Waals surface area contributed by atoms with Crippen molar-refractivity contribution in [1.29, 1.82) is 0 Å². The van der Waals surface area contributed by atoms with Gasteiger partial charge in [0.1, 0.15) is 0 Å². The van der Waals surface area contributed by atoms with Crippen LogP contribution in [0.1, 0.15) is 11.3 Å². The summed E-state index contributed by atoms with van der Waals surface area (Å²) in [5.74, 6) is 1.42. The van der Waals surface area contributed by atoms with Crippen LogP contribution in [0.15, 0.2) is 42.6 Å². The van der Waals surface area contributed by atoms with Crippen molar-refractivity contribution in [2.75, 3.05) is 27.9 Å². The number of pyridine rings is 1. The van der Waals surface area contributed by atoms with Crippen molar-refractivity contribution in [2.45, 2.75) is 6.42 Å². The van der Waals surface area contributed by atoms with Crippen LogP contribution in [0.4, 0.5) is 0 Å². The number of ether oxygens (including phenoxy) is 3. The maximum atomic E-state index is 11.9. The molecule has 2 rings (SSSR count). The zero-order valence-corrected chi connectivity index (χ0v) is 14.6. The lowest BCUT2D eigenvalue weighted by Gasteiger charge is -2.12. The SMILES string of the molecule is COc1cc(/C=C/C(=O)NCCc2ccccn2)cc(OC)c1OC. The van der Waals surface area contributed by atoms with Gasteiger partial charge in [-0.15, -0.1) is 0 Å². The fourth-order valence-electron chi connectivity index (χ4n) is 2.29. The molecule has 6 heteroatoms. The molecule has 0 aliphatic carbocycles. The van der Waals surface area contributed by atoms with Gasteiger partial charge in [-0.1, -0.05) is 6.07 Å². The number of nitrogens with zero attached hydrogens (tertiary/aromatic N) is 1. The summed E-state index contributed by atoms with van der Waals surface area (Å²) >= 11 is 0. The van der Waals surface area contributed by atoms with Crippen molar-refractivity contribution in [3.63, 3.8) is 0 Å². The number of hydrogen-bond acceptors (Lipinski definition) is 5. The van der Waals surface area contributed by atoms with Crippen LogP contribution < -0.4 is 19.5 Å². The lowest BCUT2D eigenvalue weighted by molar-refractivity contribution is -0.116. The van der Waals surface area contributed by atoms with Gasteiger partial charge in [-0.25, -0.2) is 0 Å². The molecule has 1 amide bonds. The third-order valence-corrected chi connectivity index (χ3v) is 3.52. The molecule has 1 heterocycles. The monoisotopic (exact) mass is 342 g/mol. The van der Waals surface area contributed by atoms with Gasteiger partial charge in [-0.3, -0.25) is 9.78 Å². The summed E-state index contributed by atoms with van der Waals surface area (Å²) in [7, 11) is 4.65. The molecule has 0 bridgehead atoms. The van der Waals surface area contributed by atoms with Gasteiger partial charge in [-0.2, -0.15) is 0 Å². The number of rotatable bonds is 8. The summed E-state index contributed by atoms with van der Waals surface area (Å²) in [4.78, 5) is 16.1. The molecule has 25 heavy (non-hydrogen) atoms. The summed E-state index contributed by atoms with van der Waals surface area (Å²) in [5, 5.41) is 2.83. The highest BCUT2D eigenvalue weighted by atomic mass is 16.5. The molecule has 6 nitrogen and oxygen atoms in total. The third kappa shape index (κ3) is 5.24. The van der Waals surface area contributed by atoms with Gasteiger partial charge >= 0.3 is 0 Å². The molecule has 0 unspecified atom stereocenters. The maximum absolute atomic E-state index is 11.9. The van der Waals surface area contributed by atoms with E-state index in [0.29, 0.717) is 30.2 Å². The van der Waals surface area contributed by atoms with Crippen molar-refractivity contribution >= 4 is 12.0 Å². The van der Waals surface area contributed by atoms with Crippen molar-refractivity contribution in [3.8, 4) is 17.2 Å². The number of aromatic nitrogens is 1. The summed E-state index contributed by atoms with van der Waals surface area (Å²) in [6, 6.07) is 9.27. The topological polar surface area (TPSA) is 69.7 Å². The van der Waals surface area contributed by atoms with E-state index >= 15 is 0 Å². The molecule has 132 valence electrons. The summed E-state index contributed by atoms with van der Waals surface area (Å²) in [6.45, 7) is 0.523.